The monoisotopic (exact) mass is 554 g/mol. The minimum absolute atomic E-state index is 0.0280. The molecule has 3 aromatic rings. The lowest BCUT2D eigenvalue weighted by Crippen LogP contribution is -2.34. The van der Waals surface area contributed by atoms with E-state index in [1.807, 2.05) is 31.2 Å². The van der Waals surface area contributed by atoms with Crippen LogP contribution in [-0.2, 0) is 18.1 Å². The van der Waals surface area contributed by atoms with Gasteiger partial charge in [0.25, 0.3) is 5.91 Å². The predicted molar refractivity (Wildman–Crippen MR) is 141 cm³/mol. The molecule has 0 saturated heterocycles. The molecule has 0 heterocycles. The Bertz CT molecular complexity index is 1460. The molecule has 1 aliphatic rings. The van der Waals surface area contributed by atoms with Gasteiger partial charge in [-0.15, -0.1) is 5.11 Å². The number of alkyl halides is 3. The third-order valence-corrected chi connectivity index (χ3v) is 6.47. The van der Waals surface area contributed by atoms with Gasteiger partial charge in [-0.1, -0.05) is 48.0 Å². The first-order valence-corrected chi connectivity index (χ1v) is 11.9. The van der Waals surface area contributed by atoms with Crippen molar-refractivity contribution < 1.29 is 22.8 Å². The number of amides is 3. The SMILES string of the molecule is CC1(c2ccc(N(Cc3ccc(C(=O)NC(=N)N=N)cc3)C(=O)Nc3ccc(Cl)c(C(F)(F)F)c3)cc2)C=C1. The van der Waals surface area contributed by atoms with Crippen LogP contribution < -0.4 is 15.5 Å². The van der Waals surface area contributed by atoms with Crippen LogP contribution in [0.5, 0.6) is 0 Å². The maximum absolute atomic E-state index is 13.4. The normalized spacial score (nSPS) is 13.4. The summed E-state index contributed by atoms with van der Waals surface area (Å²) in [5, 5.41) is 14.3. The van der Waals surface area contributed by atoms with Crippen LogP contribution in [0.1, 0.15) is 34.0 Å². The number of nitrogens with zero attached hydrogens (tertiary/aromatic N) is 2. The fourth-order valence-corrected chi connectivity index (χ4v) is 3.99. The maximum atomic E-state index is 13.4. The van der Waals surface area contributed by atoms with Gasteiger partial charge in [0.05, 0.1) is 17.1 Å². The van der Waals surface area contributed by atoms with Crippen molar-refractivity contribution in [1.82, 2.24) is 5.32 Å². The van der Waals surface area contributed by atoms with Gasteiger partial charge in [-0.2, -0.15) is 13.2 Å². The number of carbonyl (C=O) groups is 2. The number of anilines is 2. The first-order chi connectivity index (χ1) is 18.4. The largest absolute Gasteiger partial charge is 0.417 e. The van der Waals surface area contributed by atoms with Crippen molar-refractivity contribution in [3.8, 4) is 0 Å². The number of allylic oxidation sites excluding steroid dienone is 2. The molecule has 4 rings (SSSR count). The Balaban J connectivity index is 1.59. The van der Waals surface area contributed by atoms with Crippen LogP contribution >= 0.6 is 11.6 Å². The molecule has 200 valence electrons. The Hall–Kier alpha value is -4.51. The van der Waals surface area contributed by atoms with Gasteiger partial charge in [-0.3, -0.25) is 20.4 Å². The zero-order chi connectivity index (χ0) is 28.4. The van der Waals surface area contributed by atoms with Crippen LogP contribution in [-0.4, -0.2) is 17.9 Å². The van der Waals surface area contributed by atoms with Gasteiger partial charge in [0.15, 0.2) is 0 Å². The highest BCUT2D eigenvalue weighted by Gasteiger charge is 2.34. The van der Waals surface area contributed by atoms with Crippen LogP contribution in [0.4, 0.5) is 29.3 Å². The smallest absolute Gasteiger partial charge is 0.308 e. The Morgan fingerprint density at radius 3 is 2.23 bits per heavy atom. The van der Waals surface area contributed by atoms with E-state index in [9.17, 15) is 22.8 Å². The summed E-state index contributed by atoms with van der Waals surface area (Å²) in [5.41, 5.74) is 7.83. The quantitative estimate of drug-likeness (QED) is 0.112. The third kappa shape index (κ3) is 6.50. The lowest BCUT2D eigenvalue weighted by Gasteiger charge is -2.24. The summed E-state index contributed by atoms with van der Waals surface area (Å²) < 4.78 is 40.0. The summed E-state index contributed by atoms with van der Waals surface area (Å²) in [4.78, 5) is 26.9. The minimum Gasteiger partial charge on any atom is -0.308 e. The van der Waals surface area contributed by atoms with E-state index in [4.69, 9.17) is 22.5 Å². The summed E-state index contributed by atoms with van der Waals surface area (Å²) in [6.45, 7) is 2.07. The lowest BCUT2D eigenvalue weighted by molar-refractivity contribution is -0.137. The summed E-state index contributed by atoms with van der Waals surface area (Å²) >= 11 is 5.71. The molecule has 12 heteroatoms. The Labute approximate surface area is 226 Å². The molecule has 0 fully saturated rings. The Kier molecular flexibility index (Phi) is 7.55. The average Bonchev–Trinajstić information content (AvgIpc) is 3.66. The van der Waals surface area contributed by atoms with E-state index >= 15 is 0 Å². The molecule has 0 aliphatic heterocycles. The summed E-state index contributed by atoms with van der Waals surface area (Å²) in [5.74, 6) is -1.24. The van der Waals surface area contributed by atoms with Gasteiger partial charge < -0.3 is 5.32 Å². The second-order valence-electron chi connectivity index (χ2n) is 8.98. The van der Waals surface area contributed by atoms with E-state index in [-0.39, 0.29) is 23.2 Å². The Morgan fingerprint density at radius 2 is 1.67 bits per heavy atom. The molecule has 0 bridgehead atoms. The highest BCUT2D eigenvalue weighted by molar-refractivity contribution is 6.31. The van der Waals surface area contributed by atoms with Gasteiger partial charge in [-0.05, 0) is 60.5 Å². The molecule has 0 atom stereocenters. The number of urea groups is 1. The molecule has 0 unspecified atom stereocenters. The first kappa shape index (κ1) is 27.5. The molecular formula is C27H22ClF3N6O2. The van der Waals surface area contributed by atoms with Crippen molar-refractivity contribution in [3.63, 3.8) is 0 Å². The number of hydrogen-bond donors (Lipinski definition) is 4. The molecular weight excluding hydrogens is 533 g/mol. The molecule has 0 saturated carbocycles. The lowest BCUT2D eigenvalue weighted by atomic mass is 9.96. The minimum atomic E-state index is -4.69. The standard InChI is InChI=1S/C27H22ClF3N6O2/c1-26(12-13-26)18-6-9-20(10-7-18)37(15-16-2-4-17(5-3-16)23(38)35-24(32)36-33)25(39)34-19-8-11-22(28)21(14-19)27(29,30)31/h2-14,33H,15H2,1H3,(H,34,39)(H2,32,35,38). The molecule has 0 aromatic heterocycles. The molecule has 0 spiro atoms. The highest BCUT2D eigenvalue weighted by atomic mass is 35.5. The predicted octanol–water partition coefficient (Wildman–Crippen LogP) is 7.12. The third-order valence-electron chi connectivity index (χ3n) is 6.14. The highest BCUT2D eigenvalue weighted by Crippen LogP contribution is 2.39. The molecule has 39 heavy (non-hydrogen) atoms. The number of rotatable bonds is 6. The summed E-state index contributed by atoms with van der Waals surface area (Å²) in [6, 6.07) is 15.9. The van der Waals surface area contributed by atoms with Crippen LogP contribution in [0.25, 0.3) is 0 Å². The second kappa shape index (κ2) is 10.7. The zero-order valence-corrected chi connectivity index (χ0v) is 21.2. The van der Waals surface area contributed by atoms with Gasteiger partial charge in [0.2, 0.25) is 5.96 Å². The molecule has 1 aliphatic carbocycles. The number of nitrogens with one attached hydrogen (secondary N) is 4. The summed E-state index contributed by atoms with van der Waals surface area (Å²) in [7, 11) is 0. The topological polar surface area (TPSA) is 122 Å². The zero-order valence-electron chi connectivity index (χ0n) is 20.4. The Morgan fingerprint density at radius 1 is 1.03 bits per heavy atom. The molecule has 8 nitrogen and oxygen atoms in total. The van der Waals surface area contributed by atoms with Crippen molar-refractivity contribution in [2.45, 2.75) is 25.1 Å². The van der Waals surface area contributed by atoms with Crippen molar-refractivity contribution >= 4 is 40.9 Å². The van der Waals surface area contributed by atoms with E-state index in [0.29, 0.717) is 11.3 Å². The van der Waals surface area contributed by atoms with E-state index in [1.54, 1.807) is 24.3 Å². The van der Waals surface area contributed by atoms with Crippen LogP contribution in [0, 0.1) is 10.9 Å². The summed E-state index contributed by atoms with van der Waals surface area (Å²) in [6.07, 6.45) is -0.605. The van der Waals surface area contributed by atoms with Crippen LogP contribution in [0.3, 0.4) is 0 Å². The van der Waals surface area contributed by atoms with Crippen molar-refractivity contribution in [2.75, 3.05) is 10.2 Å². The van der Waals surface area contributed by atoms with Gasteiger partial charge in [-0.25, -0.2) is 10.3 Å². The van der Waals surface area contributed by atoms with E-state index in [0.717, 1.165) is 17.7 Å². The fraction of sp³-hybridized carbons (Fsp3) is 0.148. The molecule has 3 aromatic carbocycles. The van der Waals surface area contributed by atoms with E-state index in [2.05, 4.69) is 15.7 Å². The maximum Gasteiger partial charge on any atom is 0.417 e. The molecule has 3 amide bonds. The number of hydrogen-bond acceptors (Lipinski definition) is 4. The average molecular weight is 555 g/mol. The van der Waals surface area contributed by atoms with Gasteiger partial charge >= 0.3 is 12.2 Å². The number of benzene rings is 3. The van der Waals surface area contributed by atoms with E-state index in [1.165, 1.54) is 23.1 Å². The number of carbonyl (C=O) groups excluding carboxylic acids is 2. The van der Waals surface area contributed by atoms with Gasteiger partial charge in [0, 0.05) is 22.4 Å². The van der Waals surface area contributed by atoms with Crippen LogP contribution in [0.2, 0.25) is 5.02 Å². The number of guanidine groups is 1. The fourth-order valence-electron chi connectivity index (χ4n) is 3.76. The second-order valence-corrected chi connectivity index (χ2v) is 9.39. The molecule has 0 radical (unpaired) electrons. The van der Waals surface area contributed by atoms with E-state index < -0.39 is 34.7 Å². The first-order valence-electron chi connectivity index (χ1n) is 11.5. The van der Waals surface area contributed by atoms with Crippen molar-refractivity contribution in [1.29, 1.82) is 10.9 Å². The van der Waals surface area contributed by atoms with Crippen LogP contribution in [0.15, 0.2) is 84.0 Å². The van der Waals surface area contributed by atoms with Crippen molar-refractivity contribution in [3.05, 3.63) is 106 Å². The van der Waals surface area contributed by atoms with Gasteiger partial charge in [0.1, 0.15) is 0 Å². The molecule has 4 N–H and O–H groups in total. The number of halogens is 4. The van der Waals surface area contributed by atoms with Crippen molar-refractivity contribution in [2.24, 2.45) is 5.11 Å².